The fourth-order valence-corrected chi connectivity index (χ4v) is 1.63. The lowest BCUT2D eigenvalue weighted by molar-refractivity contribution is 0.790. The van der Waals surface area contributed by atoms with Crippen molar-refractivity contribution < 1.29 is 0 Å². The molecule has 0 atom stereocenters. The van der Waals surface area contributed by atoms with Gasteiger partial charge in [-0.15, -0.1) is 0 Å². The predicted octanol–water partition coefficient (Wildman–Crippen LogP) is 2.42. The van der Waals surface area contributed by atoms with Crippen molar-refractivity contribution in [1.82, 2.24) is 9.55 Å². The number of nitrogens with zero attached hydrogens (tertiary/aromatic N) is 3. The molecule has 1 heterocycles. The number of hydrogen-bond donors (Lipinski definition) is 0. The van der Waals surface area contributed by atoms with Crippen LogP contribution < -0.4 is 0 Å². The molecule has 0 radical (unpaired) electrons. The van der Waals surface area contributed by atoms with E-state index in [0.29, 0.717) is 6.54 Å². The third-order valence-corrected chi connectivity index (χ3v) is 2.48. The van der Waals surface area contributed by atoms with Crippen LogP contribution >= 0.6 is 0 Å². The van der Waals surface area contributed by atoms with Crippen molar-refractivity contribution in [2.45, 2.75) is 13.5 Å². The Bertz CT molecular complexity index is 535. The zero-order valence-corrected chi connectivity index (χ0v) is 8.92. The van der Waals surface area contributed by atoms with Gasteiger partial charge in [0.25, 0.3) is 0 Å². The van der Waals surface area contributed by atoms with Crippen LogP contribution in [0.15, 0.2) is 36.9 Å². The van der Waals surface area contributed by atoms with Gasteiger partial charge in [-0.1, -0.05) is 12.1 Å². The number of hydrogen-bond acceptors (Lipinski definition) is 2. The Morgan fingerprint density at radius 1 is 1.50 bits per heavy atom. The van der Waals surface area contributed by atoms with E-state index >= 15 is 0 Å². The van der Waals surface area contributed by atoms with Crippen LogP contribution in [0.5, 0.6) is 0 Å². The molecule has 0 amide bonds. The third kappa shape index (κ3) is 2.04. The van der Waals surface area contributed by atoms with Crippen molar-refractivity contribution in [3.8, 4) is 6.07 Å². The first-order valence-electron chi connectivity index (χ1n) is 4.94. The van der Waals surface area contributed by atoms with Crippen LogP contribution in [0, 0.1) is 18.2 Å². The highest BCUT2D eigenvalue weighted by Gasteiger charge is 2.08. The van der Waals surface area contributed by atoms with Gasteiger partial charge in [0.05, 0.1) is 12.9 Å². The lowest BCUT2D eigenvalue weighted by Gasteiger charge is -2.07. The Hall–Kier alpha value is -2.28. The summed E-state index contributed by atoms with van der Waals surface area (Å²) in [6, 6.07) is 8.19. The summed E-state index contributed by atoms with van der Waals surface area (Å²) >= 11 is 0. The first-order valence-corrected chi connectivity index (χ1v) is 4.94. The van der Waals surface area contributed by atoms with Gasteiger partial charge in [-0.25, -0.2) is 4.98 Å². The second-order valence-electron chi connectivity index (χ2n) is 3.54. The Kier molecular flexibility index (Phi) is 2.88. The van der Waals surface area contributed by atoms with Gasteiger partial charge >= 0.3 is 6.07 Å². The monoisotopic (exact) mass is 213 g/mol. The standard InChI is InChI=1S/C12H11N3O/c1-10-3-2-4-11(7-14-16)12(10)8-15-6-5-13-9-15/h2-6,9H,8H2,1H3. The number of rotatable bonds is 2. The summed E-state index contributed by atoms with van der Waals surface area (Å²) in [7, 11) is 0. The highest BCUT2D eigenvalue weighted by molar-refractivity contribution is 5.44. The van der Waals surface area contributed by atoms with Gasteiger partial charge < -0.3 is 9.77 Å². The molecule has 1 aromatic carbocycles. The van der Waals surface area contributed by atoms with Crippen molar-refractivity contribution in [2.24, 2.45) is 0 Å². The maximum atomic E-state index is 10.3. The quantitative estimate of drug-likeness (QED) is 0.719. The minimum Gasteiger partial charge on any atom is -0.498 e. The van der Waals surface area contributed by atoms with Gasteiger partial charge in [0.2, 0.25) is 0 Å². The van der Waals surface area contributed by atoms with Crippen LogP contribution in [-0.2, 0) is 6.54 Å². The van der Waals surface area contributed by atoms with E-state index in [0.717, 1.165) is 16.7 Å². The van der Waals surface area contributed by atoms with Crippen LogP contribution in [0.3, 0.4) is 0 Å². The summed E-state index contributed by atoms with van der Waals surface area (Å²) in [6.07, 6.45) is 5.35. The van der Waals surface area contributed by atoms with Crippen molar-refractivity contribution >= 4 is 0 Å². The van der Waals surface area contributed by atoms with E-state index in [2.05, 4.69) is 16.1 Å². The molecule has 2 aromatic rings. The Labute approximate surface area is 93.6 Å². The summed E-state index contributed by atoms with van der Waals surface area (Å²) in [5.74, 6) is 0. The molecule has 0 spiro atoms. The van der Waals surface area contributed by atoms with E-state index in [1.807, 2.05) is 35.9 Å². The summed E-state index contributed by atoms with van der Waals surface area (Å²) in [6.45, 7) is 2.67. The minimum absolute atomic E-state index is 0.671. The number of aryl methyl sites for hydroxylation is 1. The largest absolute Gasteiger partial charge is 0.498 e. The van der Waals surface area contributed by atoms with Crippen molar-refractivity contribution in [3.63, 3.8) is 0 Å². The molecule has 4 heteroatoms. The molecule has 80 valence electrons. The maximum absolute atomic E-state index is 10.3. The molecule has 0 fully saturated rings. The number of aromatic nitrogens is 2. The molecule has 0 saturated carbocycles. The van der Waals surface area contributed by atoms with Gasteiger partial charge in [-0.3, -0.25) is 0 Å². The van der Waals surface area contributed by atoms with Crippen LogP contribution in [0.1, 0.15) is 16.7 Å². The second kappa shape index (κ2) is 4.49. The summed E-state index contributed by atoms with van der Waals surface area (Å²) < 4.78 is 1.94. The first-order chi connectivity index (χ1) is 7.81. The lowest BCUT2D eigenvalue weighted by Crippen LogP contribution is -2.01. The van der Waals surface area contributed by atoms with E-state index in [4.69, 9.17) is 0 Å². The fourth-order valence-electron chi connectivity index (χ4n) is 1.63. The molecular weight excluding hydrogens is 202 g/mol. The van der Waals surface area contributed by atoms with E-state index in [1.54, 1.807) is 12.5 Å². The molecule has 0 bridgehead atoms. The molecule has 4 nitrogen and oxygen atoms in total. The zero-order valence-electron chi connectivity index (χ0n) is 8.92. The Balaban J connectivity index is 2.41. The summed E-state index contributed by atoms with van der Waals surface area (Å²) in [4.78, 5) is 3.98. The van der Waals surface area contributed by atoms with Crippen molar-refractivity contribution in [3.05, 3.63) is 63.8 Å². The predicted molar refractivity (Wildman–Crippen MR) is 62.2 cm³/mol. The normalized spacial score (nSPS) is 9.56. The van der Waals surface area contributed by atoms with Gasteiger partial charge in [-0.2, -0.15) is 0 Å². The molecule has 0 aliphatic heterocycles. The molecule has 0 aliphatic rings. The zero-order chi connectivity index (χ0) is 11.4. The summed E-state index contributed by atoms with van der Waals surface area (Å²) in [5.41, 5.74) is 2.89. The van der Waals surface area contributed by atoms with Gasteiger partial charge in [0.1, 0.15) is 5.56 Å². The fraction of sp³-hybridized carbons (Fsp3) is 0.167. The van der Waals surface area contributed by atoms with Gasteiger partial charge in [0.15, 0.2) is 0 Å². The van der Waals surface area contributed by atoms with Gasteiger partial charge in [-0.05, 0) is 24.1 Å². The lowest BCUT2D eigenvalue weighted by atomic mass is 10.0. The molecule has 16 heavy (non-hydrogen) atoms. The SMILES string of the molecule is Cc1cccc(C#[N+][O-])c1Cn1ccnc1. The van der Waals surface area contributed by atoms with E-state index in [-0.39, 0.29) is 0 Å². The minimum atomic E-state index is 0.671. The smallest absolute Gasteiger partial charge is 0.336 e. The van der Waals surface area contributed by atoms with E-state index < -0.39 is 0 Å². The molecule has 0 N–H and O–H groups in total. The second-order valence-corrected chi connectivity index (χ2v) is 3.54. The highest BCUT2D eigenvalue weighted by Crippen LogP contribution is 2.15. The number of benzene rings is 1. The first kappa shape index (κ1) is 10.2. The Morgan fingerprint density at radius 2 is 2.38 bits per heavy atom. The van der Waals surface area contributed by atoms with E-state index in [9.17, 15) is 5.21 Å². The molecular formula is C12H11N3O. The molecule has 0 saturated heterocycles. The van der Waals surface area contributed by atoms with Crippen LogP contribution in [0.25, 0.3) is 5.01 Å². The Morgan fingerprint density at radius 3 is 3.06 bits per heavy atom. The maximum Gasteiger partial charge on any atom is 0.336 e. The van der Waals surface area contributed by atoms with Crippen LogP contribution in [0.4, 0.5) is 0 Å². The average molecular weight is 213 g/mol. The highest BCUT2D eigenvalue weighted by atomic mass is 16.4. The molecule has 2 rings (SSSR count). The molecule has 0 unspecified atom stereocenters. The van der Waals surface area contributed by atoms with Crippen molar-refractivity contribution in [1.29, 1.82) is 0 Å². The van der Waals surface area contributed by atoms with Crippen molar-refractivity contribution in [2.75, 3.05) is 0 Å². The topological polar surface area (TPSA) is 45.2 Å². The summed E-state index contributed by atoms with van der Waals surface area (Å²) in [5, 5.41) is 13.0. The van der Waals surface area contributed by atoms with Crippen LogP contribution in [-0.4, -0.2) is 9.55 Å². The molecule has 0 aliphatic carbocycles. The number of imidazole rings is 1. The average Bonchev–Trinajstić information content (AvgIpc) is 2.76. The third-order valence-electron chi connectivity index (χ3n) is 2.48. The van der Waals surface area contributed by atoms with Crippen LogP contribution in [0.2, 0.25) is 0 Å². The van der Waals surface area contributed by atoms with E-state index in [1.165, 1.54) is 0 Å². The van der Waals surface area contributed by atoms with Gasteiger partial charge in [0, 0.05) is 17.4 Å². The molecule has 1 aromatic heterocycles.